The molecule has 0 aliphatic rings. The Morgan fingerprint density at radius 2 is 2.00 bits per heavy atom. The van der Waals surface area contributed by atoms with Crippen molar-refractivity contribution in [3.63, 3.8) is 0 Å². The molecule has 0 spiro atoms. The van der Waals surface area contributed by atoms with E-state index in [4.69, 9.17) is 0 Å². The average molecular weight is 328 g/mol. The molecule has 1 heterocycles. The van der Waals surface area contributed by atoms with Crippen LogP contribution in [0.5, 0.6) is 0 Å². The van der Waals surface area contributed by atoms with E-state index in [1.54, 1.807) is 13.2 Å². The summed E-state index contributed by atoms with van der Waals surface area (Å²) in [5.74, 6) is 0.818. The standard InChI is InChI=1S/C18H28N6/c1-4-24(16-9-6-5-7-10-16)14-8-12-20-18(19-2)21-15-17-11-13-22-23(17)3/h5-7,9-11,13H,4,8,12,14-15H2,1-3H3,(H2,19,20,21). The Hall–Kier alpha value is -2.50. The molecule has 6 nitrogen and oxygen atoms in total. The normalized spacial score (nSPS) is 11.4. The summed E-state index contributed by atoms with van der Waals surface area (Å²) in [4.78, 5) is 6.65. The van der Waals surface area contributed by atoms with Crippen molar-refractivity contribution in [2.45, 2.75) is 19.9 Å². The zero-order chi connectivity index (χ0) is 17.2. The SMILES string of the molecule is CCN(CCCNC(=NC)NCc1ccnn1C)c1ccccc1. The van der Waals surface area contributed by atoms with E-state index in [1.165, 1.54) is 5.69 Å². The monoisotopic (exact) mass is 328 g/mol. The maximum atomic E-state index is 4.26. The van der Waals surface area contributed by atoms with Crippen LogP contribution in [0, 0.1) is 0 Å². The summed E-state index contributed by atoms with van der Waals surface area (Å²) in [6, 6.07) is 12.5. The summed E-state index contributed by atoms with van der Waals surface area (Å²) in [7, 11) is 3.73. The van der Waals surface area contributed by atoms with E-state index < -0.39 is 0 Å². The molecule has 0 aliphatic carbocycles. The van der Waals surface area contributed by atoms with Gasteiger partial charge in [-0.25, -0.2) is 0 Å². The molecule has 24 heavy (non-hydrogen) atoms. The Morgan fingerprint density at radius 1 is 1.21 bits per heavy atom. The van der Waals surface area contributed by atoms with Gasteiger partial charge in [-0.2, -0.15) is 5.10 Å². The lowest BCUT2D eigenvalue weighted by atomic mass is 10.2. The fraction of sp³-hybridized carbons (Fsp3) is 0.444. The van der Waals surface area contributed by atoms with Crippen molar-refractivity contribution < 1.29 is 0 Å². The van der Waals surface area contributed by atoms with Crippen molar-refractivity contribution in [1.82, 2.24) is 20.4 Å². The van der Waals surface area contributed by atoms with Gasteiger partial charge in [-0.1, -0.05) is 18.2 Å². The van der Waals surface area contributed by atoms with Crippen LogP contribution in [0.25, 0.3) is 0 Å². The second-order valence-electron chi connectivity index (χ2n) is 5.57. The van der Waals surface area contributed by atoms with Gasteiger partial charge in [-0.3, -0.25) is 9.67 Å². The van der Waals surface area contributed by atoms with Gasteiger partial charge in [0.05, 0.1) is 12.2 Å². The summed E-state index contributed by atoms with van der Waals surface area (Å²) in [6.45, 7) is 5.81. The van der Waals surface area contributed by atoms with Crippen molar-refractivity contribution in [2.24, 2.45) is 12.0 Å². The number of guanidine groups is 1. The minimum Gasteiger partial charge on any atom is -0.372 e. The average Bonchev–Trinajstić information content (AvgIpc) is 3.03. The molecule has 0 unspecified atom stereocenters. The Morgan fingerprint density at radius 3 is 2.62 bits per heavy atom. The van der Waals surface area contributed by atoms with Crippen LogP contribution in [0.2, 0.25) is 0 Å². The van der Waals surface area contributed by atoms with Crippen LogP contribution < -0.4 is 15.5 Å². The quantitative estimate of drug-likeness (QED) is 0.442. The third-order valence-corrected chi connectivity index (χ3v) is 3.98. The highest BCUT2D eigenvalue weighted by Crippen LogP contribution is 2.12. The number of anilines is 1. The number of aryl methyl sites for hydroxylation is 1. The molecule has 130 valence electrons. The highest BCUT2D eigenvalue weighted by atomic mass is 15.3. The van der Waals surface area contributed by atoms with E-state index >= 15 is 0 Å². The number of benzene rings is 1. The molecule has 0 saturated heterocycles. The highest BCUT2D eigenvalue weighted by molar-refractivity contribution is 5.79. The van der Waals surface area contributed by atoms with Crippen LogP contribution in [0.15, 0.2) is 47.6 Å². The zero-order valence-electron chi connectivity index (χ0n) is 14.9. The highest BCUT2D eigenvalue weighted by Gasteiger charge is 2.04. The van der Waals surface area contributed by atoms with E-state index in [0.717, 1.165) is 37.7 Å². The number of aliphatic imine (C=N–C) groups is 1. The van der Waals surface area contributed by atoms with Crippen molar-refractivity contribution in [1.29, 1.82) is 0 Å². The summed E-state index contributed by atoms with van der Waals surface area (Å²) >= 11 is 0. The maximum absolute atomic E-state index is 4.26. The number of nitrogens with zero attached hydrogens (tertiary/aromatic N) is 4. The molecule has 1 aromatic heterocycles. The second kappa shape index (κ2) is 9.60. The molecule has 0 radical (unpaired) electrons. The van der Waals surface area contributed by atoms with Crippen LogP contribution in [0.4, 0.5) is 5.69 Å². The summed E-state index contributed by atoms with van der Waals surface area (Å²) in [5.41, 5.74) is 2.40. The Balaban J connectivity index is 1.71. The second-order valence-corrected chi connectivity index (χ2v) is 5.57. The number of aromatic nitrogens is 2. The van der Waals surface area contributed by atoms with Crippen molar-refractivity contribution >= 4 is 11.6 Å². The Labute approximate surface area is 144 Å². The maximum Gasteiger partial charge on any atom is 0.191 e. The fourth-order valence-corrected chi connectivity index (χ4v) is 2.55. The molecule has 2 rings (SSSR count). The zero-order valence-corrected chi connectivity index (χ0v) is 14.9. The van der Waals surface area contributed by atoms with Crippen LogP contribution in [0.3, 0.4) is 0 Å². The number of rotatable bonds is 8. The lowest BCUT2D eigenvalue weighted by molar-refractivity contribution is 0.675. The number of hydrogen-bond acceptors (Lipinski definition) is 3. The first-order valence-electron chi connectivity index (χ1n) is 8.46. The van der Waals surface area contributed by atoms with Gasteiger partial charge >= 0.3 is 0 Å². The predicted molar refractivity (Wildman–Crippen MR) is 100 cm³/mol. The molecule has 0 amide bonds. The minimum absolute atomic E-state index is 0.710. The summed E-state index contributed by atoms with van der Waals surface area (Å²) in [6.07, 6.45) is 2.85. The lowest BCUT2D eigenvalue weighted by Gasteiger charge is -2.23. The third kappa shape index (κ3) is 5.30. The molecule has 0 fully saturated rings. The lowest BCUT2D eigenvalue weighted by Crippen LogP contribution is -2.38. The first kappa shape index (κ1) is 17.8. The number of nitrogens with one attached hydrogen (secondary N) is 2. The van der Waals surface area contributed by atoms with Crippen LogP contribution >= 0.6 is 0 Å². The van der Waals surface area contributed by atoms with Gasteiger partial charge in [0.2, 0.25) is 0 Å². The van der Waals surface area contributed by atoms with E-state index in [1.807, 2.05) is 17.8 Å². The molecule has 0 atom stereocenters. The largest absolute Gasteiger partial charge is 0.372 e. The summed E-state index contributed by atoms with van der Waals surface area (Å²) < 4.78 is 1.86. The first-order valence-corrected chi connectivity index (χ1v) is 8.46. The molecule has 0 saturated carbocycles. The van der Waals surface area contributed by atoms with Crippen LogP contribution in [0.1, 0.15) is 19.0 Å². The van der Waals surface area contributed by atoms with E-state index in [0.29, 0.717) is 6.54 Å². The molecular weight excluding hydrogens is 300 g/mol. The van der Waals surface area contributed by atoms with Crippen molar-refractivity contribution in [3.8, 4) is 0 Å². The number of para-hydroxylation sites is 1. The minimum atomic E-state index is 0.710. The molecule has 2 aromatic rings. The van der Waals surface area contributed by atoms with Gasteiger partial charge in [-0.05, 0) is 31.5 Å². The fourth-order valence-electron chi connectivity index (χ4n) is 2.55. The van der Waals surface area contributed by atoms with Crippen molar-refractivity contribution in [2.75, 3.05) is 31.6 Å². The van der Waals surface area contributed by atoms with Gasteiger partial charge < -0.3 is 15.5 Å². The van der Waals surface area contributed by atoms with E-state index in [-0.39, 0.29) is 0 Å². The van der Waals surface area contributed by atoms with Gasteiger partial charge in [0, 0.05) is 45.6 Å². The van der Waals surface area contributed by atoms with Gasteiger partial charge in [-0.15, -0.1) is 0 Å². The van der Waals surface area contributed by atoms with Gasteiger partial charge in [0.1, 0.15) is 0 Å². The van der Waals surface area contributed by atoms with Crippen LogP contribution in [-0.4, -0.2) is 42.4 Å². The molecule has 2 N–H and O–H groups in total. The molecule has 6 heteroatoms. The molecule has 0 bridgehead atoms. The topological polar surface area (TPSA) is 57.5 Å². The third-order valence-electron chi connectivity index (χ3n) is 3.98. The Bertz CT molecular complexity index is 619. The Kier molecular flexibility index (Phi) is 7.14. The molecule has 1 aromatic carbocycles. The first-order chi connectivity index (χ1) is 11.7. The smallest absolute Gasteiger partial charge is 0.191 e. The number of hydrogen-bond donors (Lipinski definition) is 2. The molecule has 0 aliphatic heterocycles. The van der Waals surface area contributed by atoms with E-state index in [9.17, 15) is 0 Å². The summed E-state index contributed by atoms with van der Waals surface area (Å²) in [5, 5.41) is 10.8. The van der Waals surface area contributed by atoms with Crippen LogP contribution in [-0.2, 0) is 13.6 Å². The van der Waals surface area contributed by atoms with E-state index in [2.05, 4.69) is 62.9 Å². The predicted octanol–water partition coefficient (Wildman–Crippen LogP) is 2.00. The molecular formula is C18H28N6. The van der Waals surface area contributed by atoms with Gasteiger partial charge in [0.15, 0.2) is 5.96 Å². The van der Waals surface area contributed by atoms with Crippen molar-refractivity contribution in [3.05, 3.63) is 48.3 Å². The van der Waals surface area contributed by atoms with Gasteiger partial charge in [0.25, 0.3) is 0 Å².